The summed E-state index contributed by atoms with van der Waals surface area (Å²) in [5, 5.41) is 2.59. The van der Waals surface area contributed by atoms with Crippen LogP contribution in [0.1, 0.15) is 22.3 Å². The number of thiophene rings is 1. The fraction of sp³-hybridized carbons (Fsp3) is 0.0656. The van der Waals surface area contributed by atoms with Gasteiger partial charge < -0.3 is 15.0 Å². The van der Waals surface area contributed by atoms with Gasteiger partial charge in [-0.3, -0.25) is 0 Å². The van der Waals surface area contributed by atoms with Crippen molar-refractivity contribution in [2.24, 2.45) is 0 Å². The number of pyridine rings is 3. The molecule has 0 amide bonds. The molecule has 11 aromatic rings. The second kappa shape index (κ2) is 19.5. The predicted molar refractivity (Wildman–Crippen MR) is 270 cm³/mol. The monoisotopic (exact) mass is 1040 g/mol. The maximum absolute atomic E-state index is 4.73. The number of benzene rings is 7. The van der Waals surface area contributed by atoms with Gasteiger partial charge in [0.1, 0.15) is 0 Å². The van der Waals surface area contributed by atoms with Crippen molar-refractivity contribution in [3.8, 4) is 67.2 Å². The van der Waals surface area contributed by atoms with Crippen molar-refractivity contribution in [3.05, 3.63) is 247 Å². The average Bonchev–Trinajstić information content (AvgIpc) is 3.76. The van der Waals surface area contributed by atoms with Gasteiger partial charge in [0.2, 0.25) is 0 Å². The molecule has 0 atom stereocenters. The normalized spacial score (nSPS) is 11.2. The number of fused-ring (bicyclic) bond motifs is 3. The first kappa shape index (κ1) is 42.8. The zero-order chi connectivity index (χ0) is 43.4. The second-order valence-corrected chi connectivity index (χ2v) is 17.5. The Kier molecular flexibility index (Phi) is 12.7. The summed E-state index contributed by atoms with van der Waals surface area (Å²) in [6, 6.07) is 77.8. The van der Waals surface area contributed by atoms with Gasteiger partial charge in [-0.25, -0.2) is 0 Å². The van der Waals surface area contributed by atoms with Crippen molar-refractivity contribution >= 4 is 31.5 Å². The summed E-state index contributed by atoms with van der Waals surface area (Å²) < 4.78 is 2.58. The largest absolute Gasteiger partial charge is 3.00 e. The Balaban J connectivity index is 0.00000511. The van der Waals surface area contributed by atoms with E-state index in [1.54, 1.807) is 0 Å². The van der Waals surface area contributed by atoms with E-state index in [1.165, 1.54) is 64.7 Å². The number of rotatable bonds is 12. The molecule has 5 heteroatoms. The van der Waals surface area contributed by atoms with Crippen molar-refractivity contribution in [3.63, 3.8) is 0 Å². The Bertz CT molecular complexity index is 3300. The molecule has 0 fully saturated rings. The standard InChI is InChI=1S/C61H42N3S.Ir/c1-2-12-52(53-32-31-49(59-16-7-10-36-64-59)40-56(53)48-30-33-55-54-13-3-4-17-60(54)65-61(55)41-48)51(11-1)50-38-44(20-18-42-22-26-46(27-23-42)57-14-5-8-34-62-57)37-45(39-50)21-19-43-24-28-47(29-25-43)58-15-6-9-35-63-58;/h1-17,22-26,28,30,32-41H,18-21H2;/q-3;+3. The van der Waals surface area contributed by atoms with Gasteiger partial charge in [-0.2, -0.15) is 0 Å². The third-order valence-electron chi connectivity index (χ3n) is 12.2. The SMILES string of the molecule is [Ir+3].[c-]1cc(CCc2cc(CCc3c[c-]c(-c4ccccn4)cc3)cc(-c3ccccc3-c3c[c-]c(-c4ccccn4)cc3-c3ccc4c(c3)sc3ccccc34)c2)ccc1-c1ccccn1. The average molecular weight is 1040 g/mol. The van der Waals surface area contributed by atoms with E-state index in [-0.39, 0.29) is 20.1 Å². The summed E-state index contributed by atoms with van der Waals surface area (Å²) in [6.07, 6.45) is 9.13. The van der Waals surface area contributed by atoms with Crippen molar-refractivity contribution in [1.82, 2.24) is 15.0 Å². The van der Waals surface area contributed by atoms with Crippen LogP contribution in [-0.4, -0.2) is 15.0 Å². The molecular weight excluding hydrogens is 999 g/mol. The molecule has 0 bridgehead atoms. The first-order chi connectivity index (χ1) is 32.2. The van der Waals surface area contributed by atoms with Crippen LogP contribution in [-0.2, 0) is 45.8 Å². The quantitative estimate of drug-likeness (QED) is 0.114. The minimum atomic E-state index is 0. The number of aryl methyl sites for hydroxylation is 4. The molecule has 11 rings (SSSR count). The number of hydrogen-bond acceptors (Lipinski definition) is 4. The van der Waals surface area contributed by atoms with Crippen LogP contribution in [0.4, 0.5) is 0 Å². The third-order valence-corrected chi connectivity index (χ3v) is 13.3. The number of nitrogens with zero attached hydrogens (tertiary/aromatic N) is 3. The summed E-state index contributed by atoms with van der Waals surface area (Å²) in [5.74, 6) is 0. The summed E-state index contributed by atoms with van der Waals surface area (Å²) in [4.78, 5) is 13.8. The molecule has 7 aromatic carbocycles. The minimum Gasteiger partial charge on any atom is -0.305 e. The Morgan fingerprint density at radius 1 is 0.348 bits per heavy atom. The molecule has 0 saturated heterocycles. The zero-order valence-electron chi connectivity index (χ0n) is 36.0. The fourth-order valence-corrected chi connectivity index (χ4v) is 10.0. The second-order valence-electron chi connectivity index (χ2n) is 16.4. The van der Waals surface area contributed by atoms with Crippen LogP contribution in [0, 0.1) is 18.2 Å². The van der Waals surface area contributed by atoms with Crippen LogP contribution < -0.4 is 0 Å². The Labute approximate surface area is 403 Å². The van der Waals surface area contributed by atoms with Crippen LogP contribution in [0.25, 0.3) is 87.3 Å². The molecule has 4 aromatic heterocycles. The zero-order valence-corrected chi connectivity index (χ0v) is 39.3. The topological polar surface area (TPSA) is 38.7 Å². The van der Waals surface area contributed by atoms with Crippen LogP contribution >= 0.6 is 11.3 Å². The molecule has 0 aliphatic carbocycles. The molecule has 0 radical (unpaired) electrons. The predicted octanol–water partition coefficient (Wildman–Crippen LogP) is 15.2. The van der Waals surface area contributed by atoms with Gasteiger partial charge in [0.25, 0.3) is 0 Å². The maximum atomic E-state index is 4.73. The van der Waals surface area contributed by atoms with E-state index < -0.39 is 0 Å². The molecule has 0 spiro atoms. The molecule has 316 valence electrons. The van der Waals surface area contributed by atoms with Gasteiger partial charge in [-0.1, -0.05) is 139 Å². The van der Waals surface area contributed by atoms with Crippen LogP contribution in [0.5, 0.6) is 0 Å². The molecule has 0 unspecified atom stereocenters. The van der Waals surface area contributed by atoms with Crippen molar-refractivity contribution in [2.75, 3.05) is 0 Å². The smallest absolute Gasteiger partial charge is 0.305 e. The van der Waals surface area contributed by atoms with Crippen LogP contribution in [0.2, 0.25) is 0 Å². The van der Waals surface area contributed by atoms with Crippen molar-refractivity contribution in [1.29, 1.82) is 0 Å². The van der Waals surface area contributed by atoms with Gasteiger partial charge in [0, 0.05) is 38.8 Å². The number of aromatic nitrogens is 3. The first-order valence-corrected chi connectivity index (χ1v) is 23.0. The summed E-state index contributed by atoms with van der Waals surface area (Å²) >= 11 is 1.85. The van der Waals surface area contributed by atoms with Gasteiger partial charge in [0.05, 0.1) is 0 Å². The molecule has 0 aliphatic heterocycles. The Morgan fingerprint density at radius 2 is 0.879 bits per heavy atom. The van der Waals surface area contributed by atoms with E-state index in [0.29, 0.717) is 0 Å². The van der Waals surface area contributed by atoms with Crippen LogP contribution in [0.3, 0.4) is 0 Å². The molecule has 3 nitrogen and oxygen atoms in total. The minimum absolute atomic E-state index is 0. The first-order valence-electron chi connectivity index (χ1n) is 22.1. The summed E-state index contributed by atoms with van der Waals surface area (Å²) in [6.45, 7) is 0. The van der Waals surface area contributed by atoms with Crippen molar-refractivity contribution in [2.45, 2.75) is 25.7 Å². The van der Waals surface area contributed by atoms with Gasteiger partial charge in [-0.15, -0.1) is 106 Å². The molecule has 0 N–H and O–H groups in total. The van der Waals surface area contributed by atoms with E-state index in [9.17, 15) is 0 Å². The van der Waals surface area contributed by atoms with Gasteiger partial charge in [-0.05, 0) is 88.1 Å². The Hall–Kier alpha value is -7.14. The molecule has 0 saturated carbocycles. The van der Waals surface area contributed by atoms with Crippen molar-refractivity contribution < 1.29 is 20.1 Å². The van der Waals surface area contributed by atoms with E-state index in [0.717, 1.165) is 70.6 Å². The van der Waals surface area contributed by atoms with E-state index >= 15 is 0 Å². The molecule has 66 heavy (non-hydrogen) atoms. The summed E-state index contributed by atoms with van der Waals surface area (Å²) in [7, 11) is 0. The molecule has 4 heterocycles. The third kappa shape index (κ3) is 9.20. The van der Waals surface area contributed by atoms with E-state index in [1.807, 2.05) is 78.5 Å². The summed E-state index contributed by atoms with van der Waals surface area (Å²) in [5.41, 5.74) is 17.9. The van der Waals surface area contributed by atoms with E-state index in [2.05, 4.69) is 168 Å². The maximum Gasteiger partial charge on any atom is 3.00 e. The Morgan fingerprint density at radius 3 is 1.47 bits per heavy atom. The fourth-order valence-electron chi connectivity index (χ4n) is 8.86. The van der Waals surface area contributed by atoms with Crippen LogP contribution in [0.15, 0.2) is 207 Å². The molecule has 0 aliphatic rings. The van der Waals surface area contributed by atoms with Gasteiger partial charge in [0.15, 0.2) is 0 Å². The molecular formula is C61H42IrN3S. The van der Waals surface area contributed by atoms with E-state index in [4.69, 9.17) is 4.98 Å². The van der Waals surface area contributed by atoms with Gasteiger partial charge >= 0.3 is 20.1 Å². The number of hydrogen-bond donors (Lipinski definition) is 0.